The molecular formula is C15H21BrN2O2. The lowest BCUT2D eigenvalue weighted by molar-refractivity contribution is -0.121. The molecule has 0 saturated heterocycles. The fourth-order valence-electron chi connectivity index (χ4n) is 1.60. The Hall–Kier alpha value is -1.36. The van der Waals surface area contributed by atoms with Crippen molar-refractivity contribution in [1.29, 1.82) is 0 Å². The molecule has 0 unspecified atom stereocenters. The van der Waals surface area contributed by atoms with Gasteiger partial charge in [0.15, 0.2) is 0 Å². The minimum Gasteiger partial charge on any atom is -0.356 e. The normalized spacial score (nSPS) is 10.4. The van der Waals surface area contributed by atoms with Crippen molar-refractivity contribution in [3.8, 4) is 0 Å². The minimum atomic E-state index is -0.169. The molecule has 0 atom stereocenters. The average Bonchev–Trinajstić information content (AvgIpc) is 2.39. The van der Waals surface area contributed by atoms with Gasteiger partial charge >= 0.3 is 0 Å². The molecule has 0 aliphatic carbocycles. The maximum absolute atomic E-state index is 12.0. The summed E-state index contributed by atoms with van der Waals surface area (Å²) in [7, 11) is 0. The molecule has 0 saturated carbocycles. The van der Waals surface area contributed by atoms with E-state index in [1.807, 2.05) is 39.0 Å². The summed E-state index contributed by atoms with van der Waals surface area (Å²) in [5, 5.41) is 5.57. The van der Waals surface area contributed by atoms with Gasteiger partial charge in [0.1, 0.15) is 0 Å². The molecule has 0 bridgehead atoms. The van der Waals surface area contributed by atoms with Gasteiger partial charge in [-0.15, -0.1) is 0 Å². The third kappa shape index (κ3) is 5.74. The smallest absolute Gasteiger partial charge is 0.252 e. The average molecular weight is 341 g/mol. The number of carbonyl (C=O) groups excluding carboxylic acids is 2. The highest BCUT2D eigenvalue weighted by atomic mass is 79.9. The van der Waals surface area contributed by atoms with E-state index in [0.717, 1.165) is 10.0 Å². The monoisotopic (exact) mass is 340 g/mol. The van der Waals surface area contributed by atoms with Crippen LogP contribution < -0.4 is 10.6 Å². The number of aryl methyl sites for hydroxylation is 1. The number of nitrogens with one attached hydrogen (secondary N) is 2. The Bertz CT molecular complexity index is 487. The van der Waals surface area contributed by atoms with Crippen molar-refractivity contribution in [3.05, 3.63) is 33.8 Å². The van der Waals surface area contributed by atoms with Gasteiger partial charge in [-0.2, -0.15) is 0 Å². The molecule has 1 aromatic rings. The zero-order valence-corrected chi connectivity index (χ0v) is 13.7. The summed E-state index contributed by atoms with van der Waals surface area (Å²) in [6, 6.07) is 5.60. The highest BCUT2D eigenvalue weighted by molar-refractivity contribution is 9.10. The van der Waals surface area contributed by atoms with Crippen molar-refractivity contribution in [2.75, 3.05) is 13.1 Å². The van der Waals surface area contributed by atoms with Gasteiger partial charge in [-0.1, -0.05) is 25.5 Å². The summed E-state index contributed by atoms with van der Waals surface area (Å²) in [5.41, 5.74) is 1.61. The van der Waals surface area contributed by atoms with E-state index in [4.69, 9.17) is 0 Å². The molecule has 0 aromatic heterocycles. The largest absolute Gasteiger partial charge is 0.356 e. The van der Waals surface area contributed by atoms with E-state index in [2.05, 4.69) is 26.6 Å². The summed E-state index contributed by atoms with van der Waals surface area (Å²) in [4.78, 5) is 23.5. The Balaban J connectivity index is 2.40. The lowest BCUT2D eigenvalue weighted by Crippen LogP contribution is -2.32. The van der Waals surface area contributed by atoms with E-state index >= 15 is 0 Å². The first-order valence-electron chi connectivity index (χ1n) is 6.71. The predicted molar refractivity (Wildman–Crippen MR) is 83.7 cm³/mol. The van der Waals surface area contributed by atoms with Gasteiger partial charge in [-0.05, 0) is 40.9 Å². The van der Waals surface area contributed by atoms with Gasteiger partial charge in [0.2, 0.25) is 5.91 Å². The Labute approximate surface area is 128 Å². The molecule has 0 aliphatic rings. The Morgan fingerprint density at radius 3 is 2.60 bits per heavy atom. The van der Waals surface area contributed by atoms with E-state index in [-0.39, 0.29) is 11.8 Å². The summed E-state index contributed by atoms with van der Waals surface area (Å²) in [6.45, 7) is 7.01. The molecule has 0 aliphatic heterocycles. The molecule has 2 N–H and O–H groups in total. The number of amides is 2. The number of halogens is 1. The van der Waals surface area contributed by atoms with Crippen molar-refractivity contribution in [2.24, 2.45) is 5.92 Å². The molecule has 0 heterocycles. The number of hydrogen-bond acceptors (Lipinski definition) is 2. The second-order valence-corrected chi connectivity index (χ2v) is 6.04. The molecule has 0 radical (unpaired) electrons. The van der Waals surface area contributed by atoms with Gasteiger partial charge in [0.25, 0.3) is 5.91 Å². The number of rotatable bonds is 6. The Kier molecular flexibility index (Phi) is 6.71. The standard InChI is InChI=1S/C15H21BrN2O2/c1-10(2)9-18-14(19)6-7-17-15(20)12-8-11(3)4-5-13(12)16/h4-5,8,10H,6-7,9H2,1-3H3,(H,17,20)(H,18,19). The first-order valence-corrected chi connectivity index (χ1v) is 7.50. The predicted octanol–water partition coefficient (Wildman–Crippen LogP) is 2.65. The summed E-state index contributed by atoms with van der Waals surface area (Å²) >= 11 is 3.35. The van der Waals surface area contributed by atoms with Crippen LogP contribution in [0.5, 0.6) is 0 Å². The van der Waals surface area contributed by atoms with Crippen LogP contribution in [0, 0.1) is 12.8 Å². The molecule has 110 valence electrons. The van der Waals surface area contributed by atoms with Crippen LogP contribution in [-0.2, 0) is 4.79 Å². The van der Waals surface area contributed by atoms with Gasteiger partial charge < -0.3 is 10.6 Å². The van der Waals surface area contributed by atoms with Crippen molar-refractivity contribution in [1.82, 2.24) is 10.6 Å². The first-order chi connectivity index (χ1) is 9.40. The Morgan fingerprint density at radius 2 is 1.95 bits per heavy atom. The van der Waals surface area contributed by atoms with Crippen LogP contribution in [0.15, 0.2) is 22.7 Å². The zero-order valence-electron chi connectivity index (χ0n) is 12.1. The quantitative estimate of drug-likeness (QED) is 0.836. The molecule has 1 rings (SSSR count). The van der Waals surface area contributed by atoms with E-state index in [0.29, 0.717) is 31.0 Å². The molecule has 1 aromatic carbocycles. The van der Waals surface area contributed by atoms with Crippen LogP contribution in [0.25, 0.3) is 0 Å². The van der Waals surface area contributed by atoms with Crippen LogP contribution in [0.3, 0.4) is 0 Å². The number of carbonyl (C=O) groups is 2. The maximum Gasteiger partial charge on any atom is 0.252 e. The fourth-order valence-corrected chi connectivity index (χ4v) is 2.03. The van der Waals surface area contributed by atoms with E-state index < -0.39 is 0 Å². The molecule has 0 fully saturated rings. The second-order valence-electron chi connectivity index (χ2n) is 5.19. The van der Waals surface area contributed by atoms with Crippen LogP contribution in [-0.4, -0.2) is 24.9 Å². The third-order valence-electron chi connectivity index (χ3n) is 2.71. The summed E-state index contributed by atoms with van der Waals surface area (Å²) in [6.07, 6.45) is 0.294. The van der Waals surface area contributed by atoms with Crippen LogP contribution in [0.2, 0.25) is 0 Å². The molecule has 5 heteroatoms. The third-order valence-corrected chi connectivity index (χ3v) is 3.40. The lowest BCUT2D eigenvalue weighted by Gasteiger charge is -2.09. The molecule has 0 spiro atoms. The highest BCUT2D eigenvalue weighted by Crippen LogP contribution is 2.17. The van der Waals surface area contributed by atoms with Crippen molar-refractivity contribution in [3.63, 3.8) is 0 Å². The van der Waals surface area contributed by atoms with Crippen molar-refractivity contribution < 1.29 is 9.59 Å². The molecule has 2 amide bonds. The minimum absolute atomic E-state index is 0.0395. The molecular weight excluding hydrogens is 320 g/mol. The summed E-state index contributed by atoms with van der Waals surface area (Å²) in [5.74, 6) is 0.219. The Morgan fingerprint density at radius 1 is 1.25 bits per heavy atom. The number of hydrogen-bond donors (Lipinski definition) is 2. The maximum atomic E-state index is 12.0. The van der Waals surface area contributed by atoms with E-state index in [9.17, 15) is 9.59 Å². The van der Waals surface area contributed by atoms with Gasteiger partial charge in [0, 0.05) is 24.0 Å². The highest BCUT2D eigenvalue weighted by Gasteiger charge is 2.10. The molecule has 4 nitrogen and oxygen atoms in total. The van der Waals surface area contributed by atoms with Crippen LogP contribution >= 0.6 is 15.9 Å². The van der Waals surface area contributed by atoms with Gasteiger partial charge in [0.05, 0.1) is 5.56 Å². The topological polar surface area (TPSA) is 58.2 Å². The second kappa shape index (κ2) is 8.04. The summed E-state index contributed by atoms with van der Waals surface area (Å²) < 4.78 is 0.754. The van der Waals surface area contributed by atoms with E-state index in [1.54, 1.807) is 0 Å². The van der Waals surface area contributed by atoms with E-state index in [1.165, 1.54) is 0 Å². The molecule has 20 heavy (non-hydrogen) atoms. The van der Waals surface area contributed by atoms with Gasteiger partial charge in [-0.25, -0.2) is 0 Å². The number of benzene rings is 1. The van der Waals surface area contributed by atoms with Crippen LogP contribution in [0.1, 0.15) is 36.2 Å². The fraction of sp³-hybridized carbons (Fsp3) is 0.467. The lowest BCUT2D eigenvalue weighted by atomic mass is 10.1. The van der Waals surface area contributed by atoms with Crippen molar-refractivity contribution >= 4 is 27.7 Å². The first kappa shape index (κ1) is 16.7. The SMILES string of the molecule is Cc1ccc(Br)c(C(=O)NCCC(=O)NCC(C)C)c1. The zero-order chi connectivity index (χ0) is 15.1. The van der Waals surface area contributed by atoms with Crippen molar-refractivity contribution in [2.45, 2.75) is 27.2 Å². The van der Waals surface area contributed by atoms with Gasteiger partial charge in [-0.3, -0.25) is 9.59 Å². The van der Waals surface area contributed by atoms with Crippen LogP contribution in [0.4, 0.5) is 0 Å².